The second-order valence-corrected chi connectivity index (χ2v) is 8.87. The Morgan fingerprint density at radius 1 is 0.487 bits per heavy atom. The maximum atomic E-state index is 11.0. The third kappa shape index (κ3) is 7.13. The van der Waals surface area contributed by atoms with Gasteiger partial charge in [0.1, 0.15) is 11.5 Å². The predicted molar refractivity (Wildman–Crippen MR) is 162 cm³/mol. The van der Waals surface area contributed by atoms with Crippen LogP contribution >= 0.6 is 0 Å². The lowest BCUT2D eigenvalue weighted by molar-refractivity contribution is 0.318. The zero-order valence-electron chi connectivity index (χ0n) is 21.9. The van der Waals surface area contributed by atoms with Crippen LogP contribution in [0.4, 0.5) is 0 Å². The fraction of sp³-hybridized carbons (Fsp3) is 0.0556. The first-order valence-corrected chi connectivity index (χ1v) is 12.9. The van der Waals surface area contributed by atoms with Gasteiger partial charge in [-0.25, -0.2) is 0 Å². The lowest BCUT2D eigenvalue weighted by Gasteiger charge is -2.12. The van der Waals surface area contributed by atoms with Crippen LogP contribution in [0.2, 0.25) is 0 Å². The van der Waals surface area contributed by atoms with E-state index in [1.807, 2.05) is 133 Å². The molecule has 194 valence electrons. The SMILES string of the molecule is CCO.Oc1cc(C=C(c2ccccc2)c2ccccc2)c(O)cc1C=C(c1ccccc1)c1ccccc1. The molecule has 0 unspecified atom stereocenters. The molecule has 0 heterocycles. The summed E-state index contributed by atoms with van der Waals surface area (Å²) in [5, 5.41) is 29.6. The number of aliphatic hydroxyl groups excluding tert-OH is 1. The molecule has 0 bridgehead atoms. The van der Waals surface area contributed by atoms with Crippen molar-refractivity contribution in [1.82, 2.24) is 0 Å². The molecule has 5 aromatic rings. The highest BCUT2D eigenvalue weighted by molar-refractivity contribution is 5.95. The van der Waals surface area contributed by atoms with Crippen LogP contribution in [-0.4, -0.2) is 21.9 Å². The molecule has 0 radical (unpaired) electrons. The third-order valence-electron chi connectivity index (χ3n) is 6.11. The molecule has 3 nitrogen and oxygen atoms in total. The van der Waals surface area contributed by atoms with Crippen molar-refractivity contribution >= 4 is 23.3 Å². The van der Waals surface area contributed by atoms with Crippen molar-refractivity contribution in [2.24, 2.45) is 0 Å². The number of phenols is 2. The average Bonchev–Trinajstić information content (AvgIpc) is 2.99. The Balaban J connectivity index is 0.00000112. The van der Waals surface area contributed by atoms with Gasteiger partial charge in [-0.05, 0) is 64.6 Å². The maximum Gasteiger partial charge on any atom is 0.123 e. The highest BCUT2D eigenvalue weighted by atomic mass is 16.3. The van der Waals surface area contributed by atoms with Gasteiger partial charge in [0, 0.05) is 17.7 Å². The van der Waals surface area contributed by atoms with Crippen LogP contribution in [0.3, 0.4) is 0 Å². The molecule has 0 aliphatic carbocycles. The third-order valence-corrected chi connectivity index (χ3v) is 6.11. The number of rotatable bonds is 6. The van der Waals surface area contributed by atoms with Gasteiger partial charge >= 0.3 is 0 Å². The van der Waals surface area contributed by atoms with Crippen LogP contribution < -0.4 is 0 Å². The van der Waals surface area contributed by atoms with E-state index in [1.165, 1.54) is 0 Å². The molecule has 0 aromatic heterocycles. The average molecular weight is 513 g/mol. The van der Waals surface area contributed by atoms with Crippen molar-refractivity contribution in [1.29, 1.82) is 0 Å². The molecule has 39 heavy (non-hydrogen) atoms. The molecule has 5 aromatic carbocycles. The fourth-order valence-corrected chi connectivity index (χ4v) is 4.29. The Labute approximate surface area is 230 Å². The Bertz CT molecular complexity index is 1320. The van der Waals surface area contributed by atoms with Crippen molar-refractivity contribution < 1.29 is 15.3 Å². The topological polar surface area (TPSA) is 60.7 Å². The highest BCUT2D eigenvalue weighted by Crippen LogP contribution is 2.36. The standard InChI is InChI=1S/C34H26O2.C2H6O/c35-33-24-30(22-32(27-17-9-3-10-18-27)28-19-11-4-12-20-28)34(36)23-29(33)21-31(25-13-5-1-6-14-25)26-15-7-2-8-16-26;1-2-3/h1-24,35-36H;3H,2H2,1H3. The number of aliphatic hydroxyl groups is 1. The summed E-state index contributed by atoms with van der Waals surface area (Å²) in [5.41, 5.74) is 7.14. The van der Waals surface area contributed by atoms with E-state index in [2.05, 4.69) is 0 Å². The van der Waals surface area contributed by atoms with Gasteiger partial charge in [-0.15, -0.1) is 0 Å². The molecule has 0 amide bonds. The van der Waals surface area contributed by atoms with Crippen molar-refractivity contribution in [3.8, 4) is 11.5 Å². The number of phenolic OH excluding ortho intramolecular Hbond substituents is 2. The van der Waals surface area contributed by atoms with E-state index in [9.17, 15) is 10.2 Å². The van der Waals surface area contributed by atoms with E-state index < -0.39 is 0 Å². The van der Waals surface area contributed by atoms with Crippen molar-refractivity contribution in [2.45, 2.75) is 6.92 Å². The maximum absolute atomic E-state index is 11.0. The Morgan fingerprint density at radius 2 is 0.718 bits per heavy atom. The van der Waals surface area contributed by atoms with Crippen LogP contribution in [0.5, 0.6) is 11.5 Å². The minimum absolute atomic E-state index is 0.101. The molecule has 0 atom stereocenters. The van der Waals surface area contributed by atoms with E-state index in [-0.39, 0.29) is 18.1 Å². The highest BCUT2D eigenvalue weighted by Gasteiger charge is 2.12. The zero-order chi connectivity index (χ0) is 27.5. The summed E-state index contributed by atoms with van der Waals surface area (Å²) < 4.78 is 0. The van der Waals surface area contributed by atoms with Crippen LogP contribution in [0.1, 0.15) is 40.3 Å². The second-order valence-electron chi connectivity index (χ2n) is 8.87. The first-order chi connectivity index (χ1) is 19.1. The molecule has 5 rings (SSSR count). The van der Waals surface area contributed by atoms with Crippen molar-refractivity contribution in [3.05, 3.63) is 167 Å². The molecular formula is C36H32O3. The van der Waals surface area contributed by atoms with E-state index in [0.29, 0.717) is 11.1 Å². The van der Waals surface area contributed by atoms with Gasteiger partial charge < -0.3 is 15.3 Å². The number of hydrogen-bond donors (Lipinski definition) is 3. The summed E-state index contributed by atoms with van der Waals surface area (Å²) in [6.07, 6.45) is 3.84. The minimum Gasteiger partial charge on any atom is -0.507 e. The Morgan fingerprint density at radius 3 is 0.949 bits per heavy atom. The number of aromatic hydroxyl groups is 2. The summed E-state index contributed by atoms with van der Waals surface area (Å²) in [5.74, 6) is 0.202. The van der Waals surface area contributed by atoms with Crippen molar-refractivity contribution in [2.75, 3.05) is 6.61 Å². The van der Waals surface area contributed by atoms with Gasteiger partial charge in [0.25, 0.3) is 0 Å². The number of hydrogen-bond acceptors (Lipinski definition) is 3. The summed E-state index contributed by atoms with van der Waals surface area (Å²) in [6, 6.07) is 43.4. The quantitative estimate of drug-likeness (QED) is 0.158. The number of benzene rings is 5. The molecule has 3 N–H and O–H groups in total. The van der Waals surface area contributed by atoms with E-state index in [0.717, 1.165) is 33.4 Å². The molecule has 0 aliphatic rings. The predicted octanol–water partition coefficient (Wildman–Crippen LogP) is 8.27. The molecule has 0 spiro atoms. The minimum atomic E-state index is 0.101. The van der Waals surface area contributed by atoms with Gasteiger partial charge in [0.2, 0.25) is 0 Å². The largest absolute Gasteiger partial charge is 0.507 e. The zero-order valence-corrected chi connectivity index (χ0v) is 21.9. The molecule has 0 aliphatic heterocycles. The van der Waals surface area contributed by atoms with Crippen LogP contribution in [0.25, 0.3) is 23.3 Å². The van der Waals surface area contributed by atoms with E-state index in [1.54, 1.807) is 19.1 Å². The van der Waals surface area contributed by atoms with E-state index in [4.69, 9.17) is 5.11 Å². The molecule has 3 heteroatoms. The van der Waals surface area contributed by atoms with Crippen molar-refractivity contribution in [3.63, 3.8) is 0 Å². The van der Waals surface area contributed by atoms with Crippen LogP contribution in [0, 0.1) is 0 Å². The summed E-state index contributed by atoms with van der Waals surface area (Å²) >= 11 is 0. The van der Waals surface area contributed by atoms with Gasteiger partial charge in [0.05, 0.1) is 0 Å². The monoisotopic (exact) mass is 512 g/mol. The van der Waals surface area contributed by atoms with Gasteiger partial charge in [-0.2, -0.15) is 0 Å². The normalized spacial score (nSPS) is 10.1. The lowest BCUT2D eigenvalue weighted by Crippen LogP contribution is -1.90. The van der Waals surface area contributed by atoms with Crippen LogP contribution in [-0.2, 0) is 0 Å². The first kappa shape index (κ1) is 27.2. The van der Waals surface area contributed by atoms with Gasteiger partial charge in [0.15, 0.2) is 0 Å². The van der Waals surface area contributed by atoms with Gasteiger partial charge in [-0.1, -0.05) is 121 Å². The molecular weight excluding hydrogens is 480 g/mol. The fourth-order valence-electron chi connectivity index (χ4n) is 4.29. The summed E-state index contributed by atoms with van der Waals surface area (Å²) in [7, 11) is 0. The first-order valence-electron chi connectivity index (χ1n) is 12.9. The molecule has 0 saturated carbocycles. The smallest absolute Gasteiger partial charge is 0.123 e. The van der Waals surface area contributed by atoms with Gasteiger partial charge in [-0.3, -0.25) is 0 Å². The second kappa shape index (κ2) is 13.6. The molecule has 0 fully saturated rings. The van der Waals surface area contributed by atoms with Crippen LogP contribution in [0.15, 0.2) is 133 Å². The Kier molecular flexibility index (Phi) is 9.49. The van der Waals surface area contributed by atoms with E-state index >= 15 is 0 Å². The summed E-state index contributed by atoms with van der Waals surface area (Å²) in [4.78, 5) is 0. The molecule has 0 saturated heterocycles. The Hall–Kier alpha value is -4.86. The lowest BCUT2D eigenvalue weighted by atomic mass is 9.93. The summed E-state index contributed by atoms with van der Waals surface area (Å²) in [6.45, 7) is 1.93.